The average Bonchev–Trinajstić information content (AvgIpc) is 2.79. The number of aromatic nitrogens is 1. The molecule has 1 aliphatic carbocycles. The molecule has 0 spiro atoms. The molecule has 0 aliphatic heterocycles. The van der Waals surface area contributed by atoms with E-state index in [-0.39, 0.29) is 6.61 Å². The van der Waals surface area contributed by atoms with E-state index in [1.807, 2.05) is 0 Å². The van der Waals surface area contributed by atoms with Gasteiger partial charge < -0.3 is 14.0 Å². The summed E-state index contributed by atoms with van der Waals surface area (Å²) in [5, 5.41) is 3.91. The number of rotatable bonds is 5. The molecule has 1 heterocycles. The third-order valence-corrected chi connectivity index (χ3v) is 4.50. The van der Waals surface area contributed by atoms with Crippen LogP contribution in [0.2, 0.25) is 0 Å². The topological polar surface area (TPSA) is 78.6 Å². The first-order chi connectivity index (χ1) is 10.7. The standard InChI is InChI=1S/C16H20FNO5/c1-6-22-13(19)10(17)8-11-15(3,4)16(11,14(20)21-5)12-7-9(2)23-18-12/h7-8,11H,6H2,1-5H3/t11-,16-/m1/s1. The van der Waals surface area contributed by atoms with Gasteiger partial charge in [-0.1, -0.05) is 19.0 Å². The van der Waals surface area contributed by atoms with Gasteiger partial charge in [0, 0.05) is 12.0 Å². The normalized spacial score (nSPS) is 25.8. The first kappa shape index (κ1) is 17.2. The number of methoxy groups -OCH3 is 1. The predicted molar refractivity (Wildman–Crippen MR) is 78.0 cm³/mol. The molecule has 0 bridgehead atoms. The van der Waals surface area contributed by atoms with E-state index in [9.17, 15) is 14.0 Å². The van der Waals surface area contributed by atoms with Crippen molar-refractivity contribution >= 4 is 11.9 Å². The van der Waals surface area contributed by atoms with Crippen molar-refractivity contribution in [3.8, 4) is 0 Å². The number of carbonyl (C=O) groups is 2. The molecule has 126 valence electrons. The van der Waals surface area contributed by atoms with E-state index in [4.69, 9.17) is 9.26 Å². The van der Waals surface area contributed by atoms with Crippen molar-refractivity contribution in [1.82, 2.24) is 5.16 Å². The zero-order chi connectivity index (χ0) is 17.4. The molecule has 2 rings (SSSR count). The van der Waals surface area contributed by atoms with E-state index in [0.717, 1.165) is 6.08 Å². The molecule has 7 heteroatoms. The van der Waals surface area contributed by atoms with Crippen LogP contribution in [0.15, 0.2) is 22.5 Å². The van der Waals surface area contributed by atoms with Gasteiger partial charge in [0.25, 0.3) is 0 Å². The summed E-state index contributed by atoms with van der Waals surface area (Å²) in [5.74, 6) is -2.70. The maximum atomic E-state index is 14.0. The quantitative estimate of drug-likeness (QED) is 0.611. The van der Waals surface area contributed by atoms with Crippen LogP contribution >= 0.6 is 0 Å². The van der Waals surface area contributed by atoms with Crippen molar-refractivity contribution in [3.63, 3.8) is 0 Å². The van der Waals surface area contributed by atoms with Gasteiger partial charge in [-0.3, -0.25) is 4.79 Å². The lowest BCUT2D eigenvalue weighted by molar-refractivity contribution is -0.145. The number of carbonyl (C=O) groups excluding carboxylic acids is 2. The van der Waals surface area contributed by atoms with Gasteiger partial charge >= 0.3 is 11.9 Å². The summed E-state index contributed by atoms with van der Waals surface area (Å²) < 4.78 is 28.6. The fraction of sp³-hybridized carbons (Fsp3) is 0.562. The molecule has 23 heavy (non-hydrogen) atoms. The Morgan fingerprint density at radius 3 is 2.61 bits per heavy atom. The Labute approximate surface area is 133 Å². The van der Waals surface area contributed by atoms with Gasteiger partial charge in [0.05, 0.1) is 13.7 Å². The lowest BCUT2D eigenvalue weighted by Crippen LogP contribution is -2.28. The highest BCUT2D eigenvalue weighted by Crippen LogP contribution is 2.70. The fourth-order valence-electron chi connectivity index (χ4n) is 3.25. The van der Waals surface area contributed by atoms with Crippen molar-refractivity contribution in [1.29, 1.82) is 0 Å². The molecule has 0 aromatic carbocycles. The van der Waals surface area contributed by atoms with Crippen molar-refractivity contribution in [3.05, 3.63) is 29.4 Å². The molecule has 0 saturated heterocycles. The molecule has 1 aromatic rings. The molecule has 1 saturated carbocycles. The van der Waals surface area contributed by atoms with Gasteiger partial charge in [-0.05, 0) is 25.3 Å². The van der Waals surface area contributed by atoms with Gasteiger partial charge in [0.2, 0.25) is 5.83 Å². The third-order valence-electron chi connectivity index (χ3n) is 4.50. The van der Waals surface area contributed by atoms with Gasteiger partial charge in [-0.2, -0.15) is 4.39 Å². The number of halogens is 1. The molecule has 0 unspecified atom stereocenters. The van der Waals surface area contributed by atoms with Crippen LogP contribution in [-0.4, -0.2) is 30.8 Å². The number of allylic oxidation sites excluding steroid dienone is 1. The van der Waals surface area contributed by atoms with Crippen LogP contribution < -0.4 is 0 Å². The zero-order valence-electron chi connectivity index (χ0n) is 13.8. The van der Waals surface area contributed by atoms with Crippen molar-refractivity contribution in [2.75, 3.05) is 13.7 Å². The molecule has 2 atom stereocenters. The summed E-state index contributed by atoms with van der Waals surface area (Å²) in [7, 11) is 1.26. The number of nitrogens with zero attached hydrogens (tertiary/aromatic N) is 1. The molecule has 1 aliphatic rings. The Morgan fingerprint density at radius 2 is 2.13 bits per heavy atom. The number of hydrogen-bond donors (Lipinski definition) is 0. The number of aryl methyl sites for hydroxylation is 1. The van der Waals surface area contributed by atoms with E-state index in [1.54, 1.807) is 33.8 Å². The maximum Gasteiger partial charge on any atom is 0.366 e. The predicted octanol–water partition coefficient (Wildman–Crippen LogP) is 2.47. The van der Waals surface area contributed by atoms with E-state index in [1.165, 1.54) is 7.11 Å². The summed E-state index contributed by atoms with van der Waals surface area (Å²) in [6, 6.07) is 1.62. The number of hydrogen-bond acceptors (Lipinski definition) is 6. The zero-order valence-corrected chi connectivity index (χ0v) is 13.8. The first-order valence-electron chi connectivity index (χ1n) is 7.30. The lowest BCUT2D eigenvalue weighted by Gasteiger charge is -2.14. The molecule has 6 nitrogen and oxygen atoms in total. The van der Waals surface area contributed by atoms with Crippen LogP contribution in [0.3, 0.4) is 0 Å². The Morgan fingerprint density at radius 1 is 1.48 bits per heavy atom. The summed E-state index contributed by atoms with van der Waals surface area (Å²) >= 11 is 0. The SMILES string of the molecule is CCOC(=O)C(F)=C[C@@H]1C(C)(C)[C@@]1(C(=O)OC)c1cc(C)on1. The van der Waals surface area contributed by atoms with Crippen LogP contribution in [0.1, 0.15) is 32.2 Å². The Bertz CT molecular complexity index is 663. The van der Waals surface area contributed by atoms with Gasteiger partial charge in [0.15, 0.2) is 0 Å². The highest BCUT2D eigenvalue weighted by Gasteiger charge is 2.78. The van der Waals surface area contributed by atoms with Crippen LogP contribution in [0.25, 0.3) is 0 Å². The second kappa shape index (κ2) is 5.79. The largest absolute Gasteiger partial charge is 0.468 e. The average molecular weight is 325 g/mol. The highest BCUT2D eigenvalue weighted by atomic mass is 19.1. The van der Waals surface area contributed by atoms with Crippen molar-refractivity contribution < 1.29 is 28.0 Å². The minimum atomic E-state index is -1.19. The first-order valence-corrected chi connectivity index (χ1v) is 7.30. The molecular formula is C16H20FNO5. The second-order valence-corrected chi connectivity index (χ2v) is 6.06. The molecule has 1 fully saturated rings. The summed E-state index contributed by atoms with van der Waals surface area (Å²) in [6.07, 6.45) is 1.11. The van der Waals surface area contributed by atoms with E-state index < -0.39 is 34.5 Å². The Balaban J connectivity index is 2.46. The second-order valence-electron chi connectivity index (χ2n) is 6.06. The van der Waals surface area contributed by atoms with Crippen LogP contribution in [0.5, 0.6) is 0 Å². The summed E-state index contributed by atoms with van der Waals surface area (Å²) in [6.45, 7) is 6.92. The molecular weight excluding hydrogens is 305 g/mol. The fourth-order valence-corrected chi connectivity index (χ4v) is 3.25. The Hall–Kier alpha value is -2.18. The number of esters is 2. The van der Waals surface area contributed by atoms with Gasteiger partial charge in [-0.25, -0.2) is 4.79 Å². The molecule has 0 amide bonds. The van der Waals surface area contributed by atoms with Crippen LogP contribution in [0, 0.1) is 18.3 Å². The van der Waals surface area contributed by atoms with Crippen molar-refractivity contribution in [2.45, 2.75) is 33.1 Å². The van der Waals surface area contributed by atoms with E-state index >= 15 is 0 Å². The monoisotopic (exact) mass is 325 g/mol. The summed E-state index contributed by atoms with van der Waals surface area (Å²) in [4.78, 5) is 23.9. The maximum absolute atomic E-state index is 14.0. The lowest BCUT2D eigenvalue weighted by atomic mass is 9.92. The highest BCUT2D eigenvalue weighted by molar-refractivity contribution is 5.91. The number of ether oxygens (including phenoxy) is 2. The molecule has 0 N–H and O–H groups in total. The minimum Gasteiger partial charge on any atom is -0.468 e. The molecule has 0 radical (unpaired) electrons. The van der Waals surface area contributed by atoms with Crippen LogP contribution in [0.4, 0.5) is 4.39 Å². The van der Waals surface area contributed by atoms with Crippen molar-refractivity contribution in [2.24, 2.45) is 11.3 Å². The van der Waals surface area contributed by atoms with E-state index in [0.29, 0.717) is 11.5 Å². The van der Waals surface area contributed by atoms with Gasteiger partial charge in [-0.15, -0.1) is 0 Å². The van der Waals surface area contributed by atoms with E-state index in [2.05, 4.69) is 9.89 Å². The minimum absolute atomic E-state index is 0.0682. The third kappa shape index (κ3) is 2.44. The smallest absolute Gasteiger partial charge is 0.366 e. The molecule has 1 aromatic heterocycles. The Kier molecular flexibility index (Phi) is 4.32. The van der Waals surface area contributed by atoms with Gasteiger partial charge in [0.1, 0.15) is 16.9 Å². The summed E-state index contributed by atoms with van der Waals surface area (Å²) in [5.41, 5.74) is -1.51. The van der Waals surface area contributed by atoms with Crippen LogP contribution in [-0.2, 0) is 24.5 Å².